The fourth-order valence-corrected chi connectivity index (χ4v) is 16.5. The van der Waals surface area contributed by atoms with E-state index in [1.165, 1.54) is 4.88 Å². The van der Waals surface area contributed by atoms with E-state index in [9.17, 15) is 14.7 Å². The molecule has 22 nitrogen and oxygen atoms in total. The van der Waals surface area contributed by atoms with Crippen molar-refractivity contribution in [3.05, 3.63) is 216 Å². The van der Waals surface area contributed by atoms with Gasteiger partial charge in [0, 0.05) is 135 Å². The molecule has 0 radical (unpaired) electrons. The van der Waals surface area contributed by atoms with Gasteiger partial charge in [-0.15, -0.1) is 45.3 Å². The number of aromatic nitrogens is 12. The Morgan fingerprint density at radius 1 is 0.472 bits per heavy atom. The third-order valence-corrected chi connectivity index (χ3v) is 21.9. The number of aryl methyl sites for hydroxylation is 1. The number of aliphatic hydroxyl groups is 2. The lowest BCUT2D eigenvalue weighted by molar-refractivity contribution is -0.119. The minimum Gasteiger partial charge on any atom is -0.396 e. The highest BCUT2D eigenvalue weighted by Gasteiger charge is 2.28. The Labute approximate surface area is 640 Å². The average molecular weight is 1510 g/mol. The Morgan fingerprint density at radius 2 is 0.907 bits per heavy atom. The number of aliphatic hydroxyl groups excluding tert-OH is 2. The summed E-state index contributed by atoms with van der Waals surface area (Å²) in [5.74, 6) is 6.19. The van der Waals surface area contributed by atoms with Crippen LogP contribution in [0.3, 0.4) is 0 Å². The predicted molar refractivity (Wildman–Crippen MR) is 438 cm³/mol. The van der Waals surface area contributed by atoms with Crippen LogP contribution in [-0.4, -0.2) is 151 Å². The second-order valence-corrected chi connectivity index (χ2v) is 29.6. The molecule has 544 valence electrons. The Hall–Kier alpha value is -11.5. The molecule has 2 atom stereocenters. The number of Topliss-reactive ketones (excluding diaryl/α,β-unsaturated/α-hetero) is 1. The van der Waals surface area contributed by atoms with Crippen LogP contribution < -0.4 is 26.2 Å². The highest BCUT2D eigenvalue weighted by atomic mass is 32.1. The van der Waals surface area contributed by atoms with Crippen molar-refractivity contribution in [2.45, 2.75) is 65.0 Å². The third-order valence-electron chi connectivity index (χ3n) is 18.3. The van der Waals surface area contributed by atoms with Gasteiger partial charge in [0.2, 0.25) is 0 Å². The number of carbonyl (C=O) groups is 2. The first kappa shape index (κ1) is 73.4. The number of ketones is 1. The third kappa shape index (κ3) is 17.1. The predicted octanol–water partition coefficient (Wildman–Crippen LogP) is 16.4. The second-order valence-electron chi connectivity index (χ2n) is 25.8. The van der Waals surface area contributed by atoms with Crippen LogP contribution in [0, 0.1) is 6.92 Å². The fraction of sp³-hybridized carbons (Fsp3) is 0.220. The summed E-state index contributed by atoms with van der Waals surface area (Å²) in [6.07, 6.45) is 10.4. The summed E-state index contributed by atoms with van der Waals surface area (Å²) < 4.78 is 0. The number of nitrogens with two attached hydrogens (primary N) is 1. The normalized spacial score (nSPS) is 13.5. The van der Waals surface area contributed by atoms with E-state index >= 15 is 0 Å². The quantitative estimate of drug-likeness (QED) is 0.0533. The molecule has 2 unspecified atom stereocenters. The van der Waals surface area contributed by atoms with Gasteiger partial charge in [-0.05, 0) is 117 Å². The van der Waals surface area contributed by atoms with Crippen molar-refractivity contribution in [3.8, 4) is 79.5 Å². The zero-order chi connectivity index (χ0) is 74.3. The van der Waals surface area contributed by atoms with Gasteiger partial charge in [-0.3, -0.25) is 24.7 Å². The van der Waals surface area contributed by atoms with E-state index in [0.717, 1.165) is 133 Å². The van der Waals surface area contributed by atoms with Gasteiger partial charge in [0.1, 0.15) is 71.2 Å². The molecule has 0 aliphatic carbocycles. The molecule has 17 rings (SSSR count). The number of hydrogen-bond acceptors (Lipinski definition) is 24. The summed E-state index contributed by atoms with van der Waals surface area (Å²) >= 11 is 6.50. The van der Waals surface area contributed by atoms with Crippen molar-refractivity contribution in [1.29, 1.82) is 0 Å². The molecule has 0 spiro atoms. The van der Waals surface area contributed by atoms with E-state index in [0.29, 0.717) is 87.6 Å². The van der Waals surface area contributed by atoms with Gasteiger partial charge in [-0.25, -0.2) is 44.7 Å². The van der Waals surface area contributed by atoms with Crippen molar-refractivity contribution < 1.29 is 19.8 Å². The Kier molecular flexibility index (Phi) is 23.7. The molecular formula is C82H78N18O4S4. The fourth-order valence-electron chi connectivity index (χ4n) is 12.8. The van der Waals surface area contributed by atoms with Crippen LogP contribution >= 0.6 is 45.3 Å². The van der Waals surface area contributed by atoms with Crippen LogP contribution in [-0.2, 0) is 4.79 Å². The topological polar surface area (TPSA) is 289 Å². The number of benzene rings is 3. The Balaban J connectivity index is 0.000000121. The number of carbonyl (C=O) groups excluding carboxylic acids is 2. The number of thiophene rings is 4. The molecule has 2 saturated heterocycles. The first-order valence-corrected chi connectivity index (χ1v) is 39.2. The van der Waals surface area contributed by atoms with Crippen molar-refractivity contribution in [2.24, 2.45) is 5.73 Å². The number of nitrogens with zero attached hydrogens (tertiary/aromatic N) is 15. The monoisotopic (exact) mass is 1510 g/mol. The number of rotatable bonds is 18. The van der Waals surface area contributed by atoms with Crippen molar-refractivity contribution in [3.63, 3.8) is 0 Å². The number of pyridine rings is 4. The molecule has 2 aliphatic heterocycles. The van der Waals surface area contributed by atoms with Crippen molar-refractivity contribution in [1.82, 2.24) is 64.7 Å². The second kappa shape index (κ2) is 34.8. The molecule has 2 amide bonds. The standard InChI is InChI=1S/C22H20N6OS.C22H18N4OS.C22H22N4OS.C16H18N4OS/c23-22(29)28-12-10-27(11-13-28)20-18-16(15-6-2-1-3-7-15)14-30-21(18)26-19(25-20)17-8-4-5-9-24-17;27-16-9-12-26(13-10-16)21-19-17(15-6-2-1-3-7-15)14-28-22(19)25-20(24-21)18-8-4-5-11-23-18;1-14(11-13-27)24-21-19-18(16-8-4-3-5-9-16)15(2)28-22(19)26-20(25-21)17-10-6-7-12-23-17;1-11(5-4-9-21)18-14-12-7-10-22-16(12)20-15(19-14)13-6-2-3-8-17-13/h1-9,14H,10-13H2,(H2,23,29);1-8,11,14H,9-10,12-13H2;3-10,12,14,27H,11,13H2,1-2H3,(H,24,25,26);2-3,6-8,10-11,21H,4-5,9H2,1H3,(H,18,19,20). The lowest BCUT2D eigenvalue weighted by Crippen LogP contribution is -2.50. The number of nitrogens with one attached hydrogen (secondary N) is 2. The largest absolute Gasteiger partial charge is 0.396 e. The molecule has 14 heterocycles. The zero-order valence-corrected chi connectivity index (χ0v) is 62.9. The molecular weight excluding hydrogens is 1430 g/mol. The minimum absolute atomic E-state index is 0.0866. The van der Waals surface area contributed by atoms with Gasteiger partial charge in [0.25, 0.3) is 0 Å². The minimum atomic E-state index is -0.378. The highest BCUT2D eigenvalue weighted by Crippen LogP contribution is 2.44. The van der Waals surface area contributed by atoms with Crippen LogP contribution in [0.4, 0.5) is 28.1 Å². The van der Waals surface area contributed by atoms with Gasteiger partial charge < -0.3 is 41.3 Å². The van der Waals surface area contributed by atoms with Crippen LogP contribution in [0.25, 0.3) is 120 Å². The summed E-state index contributed by atoms with van der Waals surface area (Å²) in [6, 6.07) is 55.9. The molecule has 6 N–H and O–H groups in total. The van der Waals surface area contributed by atoms with E-state index in [2.05, 4.69) is 111 Å². The lowest BCUT2D eigenvalue weighted by Gasteiger charge is -2.35. The molecule has 15 aromatic rings. The number of amides is 2. The highest BCUT2D eigenvalue weighted by molar-refractivity contribution is 7.19. The average Bonchev–Trinajstić information content (AvgIpc) is 1.57. The Bertz CT molecular complexity index is 5500. The molecule has 3 aromatic carbocycles. The van der Waals surface area contributed by atoms with Crippen molar-refractivity contribution >= 4 is 121 Å². The first-order valence-electron chi connectivity index (χ1n) is 35.7. The van der Waals surface area contributed by atoms with Gasteiger partial charge >= 0.3 is 6.03 Å². The van der Waals surface area contributed by atoms with Gasteiger partial charge in [-0.1, -0.05) is 115 Å². The smallest absolute Gasteiger partial charge is 0.314 e. The molecule has 0 saturated carbocycles. The first-order chi connectivity index (χ1) is 52.9. The summed E-state index contributed by atoms with van der Waals surface area (Å²) in [6.45, 7) is 10.5. The number of fused-ring (bicyclic) bond motifs is 4. The maximum atomic E-state index is 11.8. The Morgan fingerprint density at radius 3 is 1.38 bits per heavy atom. The van der Waals surface area contributed by atoms with Crippen LogP contribution in [0.15, 0.2) is 211 Å². The number of hydrogen-bond donors (Lipinski definition) is 5. The van der Waals surface area contributed by atoms with E-state index in [1.54, 1.807) is 75.0 Å². The van der Waals surface area contributed by atoms with Crippen LogP contribution in [0.1, 0.15) is 50.8 Å². The maximum Gasteiger partial charge on any atom is 0.314 e. The van der Waals surface area contributed by atoms with E-state index in [1.807, 2.05) is 146 Å². The summed E-state index contributed by atoms with van der Waals surface area (Å²) in [7, 11) is 0. The van der Waals surface area contributed by atoms with E-state index in [-0.39, 0.29) is 31.3 Å². The number of piperazine rings is 1. The summed E-state index contributed by atoms with van der Waals surface area (Å²) in [4.78, 5) is 90.4. The SMILES string of the molecule is CC(CCCO)Nc1nc(-c2ccccn2)nc2sccc12.Cc1sc2nc(-c3ccccn3)nc(NC(C)CCO)c2c1-c1ccccc1.NC(=O)N1CCN(c2nc(-c3ccccn3)nc3scc(-c4ccccc4)c23)CC1.O=C1CCN(c2nc(-c3ccccn3)nc3scc(-c4ccccc4)c23)CC1. The number of urea groups is 1. The number of primary amides is 1. The van der Waals surface area contributed by atoms with Crippen molar-refractivity contribution in [2.75, 3.05) is 72.9 Å². The summed E-state index contributed by atoms with van der Waals surface area (Å²) in [5, 5.41) is 35.7. The maximum absolute atomic E-state index is 11.8. The summed E-state index contributed by atoms with van der Waals surface area (Å²) in [5.41, 5.74) is 15.3. The van der Waals surface area contributed by atoms with E-state index < -0.39 is 0 Å². The number of piperidine rings is 1. The van der Waals surface area contributed by atoms with Gasteiger partial charge in [0.05, 0.1) is 21.5 Å². The molecule has 2 aliphatic rings. The van der Waals surface area contributed by atoms with Gasteiger partial charge in [0.15, 0.2) is 23.3 Å². The van der Waals surface area contributed by atoms with Gasteiger partial charge in [-0.2, -0.15) is 0 Å². The van der Waals surface area contributed by atoms with Crippen LogP contribution in [0.5, 0.6) is 0 Å². The molecule has 12 aromatic heterocycles. The molecule has 108 heavy (non-hydrogen) atoms. The zero-order valence-electron chi connectivity index (χ0n) is 59.7. The molecule has 26 heteroatoms. The number of anilines is 4. The lowest BCUT2D eigenvalue weighted by atomic mass is 10.0. The molecule has 2 fully saturated rings. The van der Waals surface area contributed by atoms with E-state index in [4.69, 9.17) is 40.7 Å². The van der Waals surface area contributed by atoms with Crippen LogP contribution in [0.2, 0.25) is 0 Å². The molecule has 0 bridgehead atoms.